The Morgan fingerprint density at radius 3 is 2.44 bits per heavy atom. The molecule has 3 heteroatoms. The molecule has 2 N–H and O–H groups in total. The molecule has 1 saturated heterocycles. The van der Waals surface area contributed by atoms with Crippen molar-refractivity contribution in [3.8, 4) is 0 Å². The van der Waals surface area contributed by atoms with Gasteiger partial charge in [-0.15, -0.1) is 0 Å². The van der Waals surface area contributed by atoms with Gasteiger partial charge in [0.1, 0.15) is 0 Å². The topological polar surface area (TPSA) is 38.5 Å². The number of ether oxygens (including phenoxy) is 1. The molecular formula is C15H32N2O. The van der Waals surface area contributed by atoms with Gasteiger partial charge in [-0.3, -0.25) is 4.90 Å². The highest BCUT2D eigenvalue weighted by Gasteiger charge is 2.42. The van der Waals surface area contributed by atoms with E-state index in [1.807, 2.05) is 0 Å². The summed E-state index contributed by atoms with van der Waals surface area (Å²) < 4.78 is 5.92. The van der Waals surface area contributed by atoms with Crippen molar-refractivity contribution in [2.45, 2.75) is 71.6 Å². The summed E-state index contributed by atoms with van der Waals surface area (Å²) in [6, 6.07) is 0.555. The molecule has 1 heterocycles. The minimum atomic E-state index is 0.150. The van der Waals surface area contributed by atoms with Crippen LogP contribution in [-0.4, -0.2) is 42.3 Å². The predicted octanol–water partition coefficient (Wildman–Crippen LogP) is 2.64. The third kappa shape index (κ3) is 3.46. The lowest BCUT2D eigenvalue weighted by Crippen LogP contribution is -2.61. The number of hydrogen-bond donors (Lipinski definition) is 1. The van der Waals surface area contributed by atoms with Crippen molar-refractivity contribution in [1.82, 2.24) is 4.90 Å². The quantitative estimate of drug-likeness (QED) is 0.794. The average Bonchev–Trinajstić information content (AvgIpc) is 2.35. The summed E-state index contributed by atoms with van der Waals surface area (Å²) in [6.45, 7) is 14.1. The molecule has 3 nitrogen and oxygen atoms in total. The van der Waals surface area contributed by atoms with Gasteiger partial charge in [0.15, 0.2) is 0 Å². The minimum absolute atomic E-state index is 0.150. The van der Waals surface area contributed by atoms with Crippen LogP contribution in [0.15, 0.2) is 0 Å². The second-order valence-corrected chi connectivity index (χ2v) is 6.32. The highest BCUT2D eigenvalue weighted by atomic mass is 16.5. The fourth-order valence-corrected chi connectivity index (χ4v) is 3.21. The molecule has 0 amide bonds. The van der Waals surface area contributed by atoms with E-state index in [0.717, 1.165) is 32.5 Å². The lowest BCUT2D eigenvalue weighted by molar-refractivity contribution is -0.0951. The number of nitrogens with zero attached hydrogens (tertiary/aromatic N) is 1. The Labute approximate surface area is 113 Å². The zero-order valence-electron chi connectivity index (χ0n) is 12.9. The van der Waals surface area contributed by atoms with Crippen LogP contribution in [0.2, 0.25) is 0 Å². The molecule has 0 aromatic rings. The van der Waals surface area contributed by atoms with Gasteiger partial charge in [0.2, 0.25) is 0 Å². The summed E-state index contributed by atoms with van der Waals surface area (Å²) in [5.74, 6) is 0.576. The zero-order chi connectivity index (χ0) is 13.8. The van der Waals surface area contributed by atoms with Gasteiger partial charge in [-0.05, 0) is 45.6 Å². The summed E-state index contributed by atoms with van der Waals surface area (Å²) in [7, 11) is 0. The molecule has 0 aromatic carbocycles. The van der Waals surface area contributed by atoms with Crippen LogP contribution in [0.25, 0.3) is 0 Å². The minimum Gasteiger partial charge on any atom is -0.378 e. The lowest BCUT2D eigenvalue weighted by atomic mass is 9.81. The highest BCUT2D eigenvalue weighted by Crippen LogP contribution is 2.34. The van der Waals surface area contributed by atoms with Crippen LogP contribution in [0, 0.1) is 5.92 Å². The largest absolute Gasteiger partial charge is 0.378 e. The van der Waals surface area contributed by atoms with E-state index in [4.69, 9.17) is 10.5 Å². The van der Waals surface area contributed by atoms with E-state index in [-0.39, 0.29) is 5.54 Å². The number of nitrogens with two attached hydrogens (primary N) is 1. The molecule has 0 saturated carbocycles. The lowest BCUT2D eigenvalue weighted by Gasteiger charge is -2.50. The van der Waals surface area contributed by atoms with Gasteiger partial charge in [-0.25, -0.2) is 0 Å². The molecular weight excluding hydrogens is 224 g/mol. The predicted molar refractivity (Wildman–Crippen MR) is 77.7 cm³/mol. The van der Waals surface area contributed by atoms with Crippen molar-refractivity contribution in [2.75, 3.05) is 19.7 Å². The molecule has 0 spiro atoms. The van der Waals surface area contributed by atoms with Crippen LogP contribution in [0.5, 0.6) is 0 Å². The first-order chi connectivity index (χ1) is 8.46. The van der Waals surface area contributed by atoms with Crippen molar-refractivity contribution < 1.29 is 4.74 Å². The number of hydrogen-bond acceptors (Lipinski definition) is 3. The molecule has 0 radical (unpaired) electrons. The Hall–Kier alpha value is -0.120. The normalized spacial score (nSPS) is 29.5. The first-order valence-corrected chi connectivity index (χ1v) is 7.55. The summed E-state index contributed by atoms with van der Waals surface area (Å²) in [4.78, 5) is 2.62. The molecule has 0 aromatic heterocycles. The Morgan fingerprint density at radius 2 is 2.00 bits per heavy atom. The van der Waals surface area contributed by atoms with Crippen LogP contribution in [0.3, 0.4) is 0 Å². The molecule has 108 valence electrons. The monoisotopic (exact) mass is 256 g/mol. The fourth-order valence-electron chi connectivity index (χ4n) is 3.21. The molecule has 0 bridgehead atoms. The van der Waals surface area contributed by atoms with Crippen LogP contribution in [-0.2, 0) is 4.74 Å². The van der Waals surface area contributed by atoms with Gasteiger partial charge in [-0.2, -0.15) is 0 Å². The maximum atomic E-state index is 6.17. The van der Waals surface area contributed by atoms with Gasteiger partial charge in [0.25, 0.3) is 0 Å². The van der Waals surface area contributed by atoms with Crippen molar-refractivity contribution in [3.05, 3.63) is 0 Å². The molecule has 18 heavy (non-hydrogen) atoms. The average molecular weight is 256 g/mol. The highest BCUT2D eigenvalue weighted by molar-refractivity contribution is 4.98. The van der Waals surface area contributed by atoms with E-state index < -0.39 is 0 Å². The fraction of sp³-hybridized carbons (Fsp3) is 1.00. The van der Waals surface area contributed by atoms with Crippen LogP contribution >= 0.6 is 0 Å². The van der Waals surface area contributed by atoms with E-state index in [1.165, 1.54) is 6.42 Å². The SMILES string of the molecule is CCCN(C(C)C)C1(CN)CCOC(C(C)C)C1. The van der Waals surface area contributed by atoms with Gasteiger partial charge >= 0.3 is 0 Å². The van der Waals surface area contributed by atoms with Crippen LogP contribution < -0.4 is 5.73 Å². The van der Waals surface area contributed by atoms with E-state index in [2.05, 4.69) is 39.5 Å². The Balaban J connectivity index is 2.87. The van der Waals surface area contributed by atoms with E-state index in [9.17, 15) is 0 Å². The Bertz CT molecular complexity index is 243. The molecule has 0 aliphatic carbocycles. The molecule has 1 fully saturated rings. The molecule has 2 unspecified atom stereocenters. The van der Waals surface area contributed by atoms with Crippen molar-refractivity contribution in [1.29, 1.82) is 0 Å². The van der Waals surface area contributed by atoms with Crippen molar-refractivity contribution in [2.24, 2.45) is 11.7 Å². The third-order valence-electron chi connectivity index (χ3n) is 4.30. The van der Waals surface area contributed by atoms with Gasteiger partial charge in [0.05, 0.1) is 6.10 Å². The summed E-state index contributed by atoms with van der Waals surface area (Å²) >= 11 is 0. The molecule has 1 aliphatic rings. The van der Waals surface area contributed by atoms with Gasteiger partial charge < -0.3 is 10.5 Å². The maximum absolute atomic E-state index is 6.17. The van der Waals surface area contributed by atoms with Crippen LogP contribution in [0.1, 0.15) is 53.9 Å². The summed E-state index contributed by atoms with van der Waals surface area (Å²) in [5, 5.41) is 0. The third-order valence-corrected chi connectivity index (χ3v) is 4.30. The second-order valence-electron chi connectivity index (χ2n) is 6.32. The maximum Gasteiger partial charge on any atom is 0.0616 e. The standard InChI is InChI=1S/C15H32N2O/c1-6-8-17(13(4)5)15(11-16)7-9-18-14(10-15)12(2)3/h12-14H,6-11,16H2,1-5H3. The smallest absolute Gasteiger partial charge is 0.0616 e. The first-order valence-electron chi connectivity index (χ1n) is 7.55. The summed E-state index contributed by atoms with van der Waals surface area (Å²) in [5.41, 5.74) is 6.32. The molecule has 1 aliphatic heterocycles. The second kappa shape index (κ2) is 6.88. The van der Waals surface area contributed by atoms with Gasteiger partial charge in [0, 0.05) is 24.7 Å². The van der Waals surface area contributed by atoms with Crippen LogP contribution in [0.4, 0.5) is 0 Å². The van der Waals surface area contributed by atoms with Gasteiger partial charge in [-0.1, -0.05) is 20.8 Å². The van der Waals surface area contributed by atoms with E-state index in [0.29, 0.717) is 18.1 Å². The Morgan fingerprint density at radius 1 is 1.33 bits per heavy atom. The number of rotatable bonds is 6. The summed E-state index contributed by atoms with van der Waals surface area (Å²) in [6.07, 6.45) is 3.71. The van der Waals surface area contributed by atoms with Crippen molar-refractivity contribution in [3.63, 3.8) is 0 Å². The molecule has 1 rings (SSSR count). The Kier molecular flexibility index (Phi) is 6.09. The van der Waals surface area contributed by atoms with E-state index >= 15 is 0 Å². The first kappa shape index (κ1) is 15.9. The zero-order valence-corrected chi connectivity index (χ0v) is 12.9. The van der Waals surface area contributed by atoms with E-state index in [1.54, 1.807) is 0 Å². The van der Waals surface area contributed by atoms with Crippen molar-refractivity contribution >= 4 is 0 Å². The molecule has 2 atom stereocenters.